The van der Waals surface area contributed by atoms with Crippen molar-refractivity contribution in [2.24, 2.45) is 5.92 Å². The molecule has 0 N–H and O–H groups in total. The van der Waals surface area contributed by atoms with E-state index in [4.69, 9.17) is 21.1 Å². The molecule has 1 saturated carbocycles. The number of carbonyl (C=O) groups is 2. The predicted octanol–water partition coefficient (Wildman–Crippen LogP) is 4.65. The van der Waals surface area contributed by atoms with Gasteiger partial charge in [-0.3, -0.25) is 9.59 Å². The molecule has 1 aliphatic carbocycles. The summed E-state index contributed by atoms with van der Waals surface area (Å²) in [5, 5.41) is 3.02. The minimum atomic E-state index is -0.327. The first-order chi connectivity index (χ1) is 11.6. The number of carbonyl (C=O) groups excluding carboxylic acids is 2. The van der Waals surface area contributed by atoms with Crippen molar-refractivity contribution in [2.45, 2.75) is 19.8 Å². The summed E-state index contributed by atoms with van der Waals surface area (Å²) in [4.78, 5) is 25.5. The lowest BCUT2D eigenvalue weighted by Crippen LogP contribution is -2.15. The number of hydrogen-bond acceptors (Lipinski definition) is 5. The molecule has 1 aromatic heterocycles. The first kappa shape index (κ1) is 17.0. The summed E-state index contributed by atoms with van der Waals surface area (Å²) < 4.78 is 11.3. The zero-order chi connectivity index (χ0) is 17.3. The van der Waals surface area contributed by atoms with E-state index in [1.807, 2.05) is 12.3 Å². The summed E-state index contributed by atoms with van der Waals surface area (Å²) >= 11 is 7.63. The lowest BCUT2D eigenvalue weighted by atomic mass is 9.98. The Morgan fingerprint density at radius 3 is 2.75 bits per heavy atom. The van der Waals surface area contributed by atoms with Crippen LogP contribution < -0.4 is 4.74 Å². The fraction of sp³-hybridized carbons (Fsp3) is 0.333. The molecule has 3 rings (SSSR count). The van der Waals surface area contributed by atoms with Crippen molar-refractivity contribution < 1.29 is 19.1 Å². The molecular formula is C18H17ClO4S. The molecule has 0 aliphatic heterocycles. The number of rotatable bonds is 7. The van der Waals surface area contributed by atoms with E-state index in [1.165, 1.54) is 17.6 Å². The van der Waals surface area contributed by atoms with E-state index in [0.717, 1.165) is 17.5 Å². The van der Waals surface area contributed by atoms with Gasteiger partial charge in [0.25, 0.3) is 0 Å². The van der Waals surface area contributed by atoms with Crippen LogP contribution in [-0.2, 0) is 9.53 Å². The fourth-order valence-corrected chi connectivity index (χ4v) is 3.87. The second-order valence-electron chi connectivity index (χ2n) is 5.56. The van der Waals surface area contributed by atoms with E-state index in [1.54, 1.807) is 19.2 Å². The first-order valence-corrected chi connectivity index (χ1v) is 8.98. The highest BCUT2D eigenvalue weighted by molar-refractivity contribution is 7.18. The van der Waals surface area contributed by atoms with Crippen molar-refractivity contribution in [3.05, 3.63) is 39.9 Å². The molecule has 4 nitrogen and oxygen atoms in total. The SMILES string of the molecule is CCO/C=C(\C(=O)c1ccc(Cl)c2c(OC)csc12)C(=O)C1CC1. The summed E-state index contributed by atoms with van der Waals surface area (Å²) in [7, 11) is 1.56. The second kappa shape index (κ2) is 6.95. The number of Topliss-reactive ketones (excluding diaryl/α,β-unsaturated/α-hetero) is 2. The molecular weight excluding hydrogens is 348 g/mol. The van der Waals surface area contributed by atoms with Gasteiger partial charge in [-0.2, -0.15) is 0 Å². The van der Waals surface area contributed by atoms with Gasteiger partial charge in [-0.05, 0) is 31.9 Å². The lowest BCUT2D eigenvalue weighted by Gasteiger charge is -2.08. The van der Waals surface area contributed by atoms with Crippen molar-refractivity contribution in [3.63, 3.8) is 0 Å². The third-order valence-corrected chi connectivity index (χ3v) is 5.23. The quantitative estimate of drug-likeness (QED) is 0.236. The maximum Gasteiger partial charge on any atom is 0.201 e. The highest BCUT2D eigenvalue weighted by atomic mass is 35.5. The lowest BCUT2D eigenvalue weighted by molar-refractivity contribution is -0.116. The number of ketones is 2. The van der Waals surface area contributed by atoms with Gasteiger partial charge in [0.2, 0.25) is 5.78 Å². The molecule has 0 bridgehead atoms. The number of allylic oxidation sites excluding steroid dienone is 1. The average molecular weight is 365 g/mol. The van der Waals surface area contributed by atoms with E-state index >= 15 is 0 Å². The van der Waals surface area contributed by atoms with E-state index in [-0.39, 0.29) is 23.1 Å². The Kier molecular flexibility index (Phi) is 4.92. The normalized spacial score (nSPS) is 14.7. The fourth-order valence-electron chi connectivity index (χ4n) is 2.51. The van der Waals surface area contributed by atoms with Crippen LogP contribution in [-0.4, -0.2) is 25.3 Å². The highest BCUT2D eigenvalue weighted by Gasteiger charge is 2.35. The number of ether oxygens (including phenoxy) is 2. The number of hydrogen-bond donors (Lipinski definition) is 0. The van der Waals surface area contributed by atoms with Crippen LogP contribution in [0.2, 0.25) is 5.02 Å². The van der Waals surface area contributed by atoms with Gasteiger partial charge >= 0.3 is 0 Å². The number of benzene rings is 1. The summed E-state index contributed by atoms with van der Waals surface area (Å²) in [6, 6.07) is 3.31. The van der Waals surface area contributed by atoms with Crippen LogP contribution in [0.25, 0.3) is 10.1 Å². The standard InChI is InChI=1S/C18H17ClO4S/c1-3-23-8-12(16(20)10-4-5-10)17(21)11-6-7-13(19)15-14(22-2)9-24-18(11)15/h6-10H,3-5H2,1-2H3/b12-8-. The Morgan fingerprint density at radius 1 is 1.38 bits per heavy atom. The van der Waals surface area contributed by atoms with Gasteiger partial charge in [0.1, 0.15) is 11.3 Å². The molecule has 0 radical (unpaired) electrons. The molecule has 0 spiro atoms. The maximum absolute atomic E-state index is 13.0. The van der Waals surface area contributed by atoms with Gasteiger partial charge in [-0.1, -0.05) is 11.6 Å². The molecule has 0 unspecified atom stereocenters. The molecule has 0 amide bonds. The van der Waals surface area contributed by atoms with E-state index in [2.05, 4.69) is 0 Å². The van der Waals surface area contributed by atoms with Gasteiger partial charge in [0.15, 0.2) is 5.78 Å². The zero-order valence-corrected chi connectivity index (χ0v) is 15.0. The summed E-state index contributed by atoms with van der Waals surface area (Å²) in [5.41, 5.74) is 0.554. The largest absolute Gasteiger partial charge is 0.501 e. The monoisotopic (exact) mass is 364 g/mol. The number of methoxy groups -OCH3 is 1. The minimum absolute atomic E-state index is 0.0543. The van der Waals surface area contributed by atoms with Crippen LogP contribution in [0.3, 0.4) is 0 Å². The summed E-state index contributed by atoms with van der Waals surface area (Å²) in [6.07, 6.45) is 2.96. The molecule has 126 valence electrons. The average Bonchev–Trinajstić information content (AvgIpc) is 3.34. The smallest absolute Gasteiger partial charge is 0.201 e. The number of thiophene rings is 1. The molecule has 6 heteroatoms. The Hall–Kier alpha value is -1.85. The molecule has 1 fully saturated rings. The Labute approximate surface area is 149 Å². The van der Waals surface area contributed by atoms with Crippen molar-refractivity contribution in [3.8, 4) is 5.75 Å². The minimum Gasteiger partial charge on any atom is -0.501 e. The topological polar surface area (TPSA) is 52.6 Å². The van der Waals surface area contributed by atoms with Crippen molar-refractivity contribution in [1.82, 2.24) is 0 Å². The number of halogens is 1. The third kappa shape index (κ3) is 3.06. The number of fused-ring (bicyclic) bond motifs is 1. The van der Waals surface area contributed by atoms with Crippen LogP contribution >= 0.6 is 22.9 Å². The van der Waals surface area contributed by atoms with Crippen molar-refractivity contribution in [2.75, 3.05) is 13.7 Å². The first-order valence-electron chi connectivity index (χ1n) is 7.72. The van der Waals surface area contributed by atoms with Crippen molar-refractivity contribution >= 4 is 44.6 Å². The maximum atomic E-state index is 13.0. The third-order valence-electron chi connectivity index (χ3n) is 3.93. The Bertz CT molecular complexity index is 833. The molecule has 1 aromatic carbocycles. The molecule has 0 saturated heterocycles. The Morgan fingerprint density at radius 2 is 2.12 bits per heavy atom. The van der Waals surface area contributed by atoms with Gasteiger partial charge in [-0.15, -0.1) is 11.3 Å². The van der Waals surface area contributed by atoms with Gasteiger partial charge < -0.3 is 9.47 Å². The van der Waals surface area contributed by atoms with E-state index in [0.29, 0.717) is 28.3 Å². The summed E-state index contributed by atoms with van der Waals surface area (Å²) in [6.45, 7) is 2.21. The predicted molar refractivity (Wildman–Crippen MR) is 95.2 cm³/mol. The molecule has 2 aromatic rings. The van der Waals surface area contributed by atoms with Gasteiger partial charge in [0, 0.05) is 16.9 Å². The van der Waals surface area contributed by atoms with Crippen LogP contribution in [0, 0.1) is 5.92 Å². The van der Waals surface area contributed by atoms with Crippen LogP contribution in [0.5, 0.6) is 5.75 Å². The molecule has 1 heterocycles. The van der Waals surface area contributed by atoms with E-state index < -0.39 is 0 Å². The summed E-state index contributed by atoms with van der Waals surface area (Å²) in [5.74, 6) is 0.103. The van der Waals surface area contributed by atoms with Crippen LogP contribution in [0.1, 0.15) is 30.1 Å². The van der Waals surface area contributed by atoms with Gasteiger partial charge in [0.05, 0.1) is 35.1 Å². The zero-order valence-electron chi connectivity index (χ0n) is 13.4. The van der Waals surface area contributed by atoms with Crippen LogP contribution in [0.4, 0.5) is 0 Å². The van der Waals surface area contributed by atoms with Gasteiger partial charge in [-0.25, -0.2) is 0 Å². The highest BCUT2D eigenvalue weighted by Crippen LogP contribution is 2.40. The molecule has 0 atom stereocenters. The van der Waals surface area contributed by atoms with Crippen molar-refractivity contribution in [1.29, 1.82) is 0 Å². The van der Waals surface area contributed by atoms with E-state index in [9.17, 15) is 9.59 Å². The second-order valence-corrected chi connectivity index (χ2v) is 6.84. The van der Waals surface area contributed by atoms with Crippen LogP contribution in [0.15, 0.2) is 29.3 Å². The Balaban J connectivity index is 2.07. The molecule has 1 aliphatic rings. The molecule has 24 heavy (non-hydrogen) atoms.